The van der Waals surface area contributed by atoms with Gasteiger partial charge in [-0.2, -0.15) is 26.3 Å². The van der Waals surface area contributed by atoms with Crippen LogP contribution in [-0.2, 0) is 9.53 Å². The van der Waals surface area contributed by atoms with Gasteiger partial charge < -0.3 is 4.74 Å². The summed E-state index contributed by atoms with van der Waals surface area (Å²) >= 11 is 0.992. The fraction of sp³-hybridized carbons (Fsp3) is 0.875. The smallest absolute Gasteiger partial charge is 0.431 e. The second-order valence-electron chi connectivity index (χ2n) is 3.66. The lowest BCUT2D eigenvalue weighted by Crippen LogP contribution is -2.57. The third-order valence-corrected chi connectivity index (χ3v) is 2.91. The quantitative estimate of drug-likeness (QED) is 0.316. The predicted octanol–water partition coefficient (Wildman–Crippen LogP) is 3.58. The van der Waals surface area contributed by atoms with Crippen molar-refractivity contribution in [3.05, 3.63) is 0 Å². The van der Waals surface area contributed by atoms with Gasteiger partial charge in [0, 0.05) is 6.42 Å². The number of hydrogen-bond acceptors (Lipinski definition) is 2. The average molecular weight is 396 g/mol. The van der Waals surface area contributed by atoms with Crippen LogP contribution in [0.1, 0.15) is 13.3 Å². The number of alkyl halides is 8. The Labute approximate surface area is 111 Å². The molecule has 18 heavy (non-hydrogen) atoms. The lowest BCUT2D eigenvalue weighted by atomic mass is 9.91. The largest absolute Gasteiger partial charge is 0.468 e. The summed E-state index contributed by atoms with van der Waals surface area (Å²) < 4.78 is 88.6. The van der Waals surface area contributed by atoms with Crippen LogP contribution in [0.4, 0.5) is 30.7 Å². The van der Waals surface area contributed by atoms with E-state index in [0.29, 0.717) is 0 Å². The van der Waals surface area contributed by atoms with E-state index in [0.717, 1.165) is 36.6 Å². The van der Waals surface area contributed by atoms with Gasteiger partial charge in [-0.3, -0.25) is 4.79 Å². The number of carbonyl (C=O) groups excluding carboxylic acids is 1. The van der Waals surface area contributed by atoms with Gasteiger partial charge in [0.05, 0.1) is 7.11 Å². The van der Waals surface area contributed by atoms with Gasteiger partial charge in [0.2, 0.25) is 0 Å². The molecular weight excluding hydrogens is 388 g/mol. The summed E-state index contributed by atoms with van der Waals surface area (Å²) in [4.78, 5) is 11.0. The molecule has 10 heteroatoms. The number of halogens is 8. The number of methoxy groups -OCH3 is 1. The van der Waals surface area contributed by atoms with Crippen LogP contribution in [0.3, 0.4) is 0 Å². The van der Waals surface area contributed by atoms with Crippen LogP contribution < -0.4 is 0 Å². The topological polar surface area (TPSA) is 26.3 Å². The summed E-state index contributed by atoms with van der Waals surface area (Å²) in [6.07, 6.45) is -14.5. The molecule has 0 aliphatic carbocycles. The molecule has 0 fully saturated rings. The maximum atomic E-state index is 13.3. The maximum absolute atomic E-state index is 13.3. The summed E-state index contributed by atoms with van der Waals surface area (Å²) in [6.45, 7) is 0.727. The summed E-state index contributed by atoms with van der Waals surface area (Å²) in [6, 6.07) is 0. The second-order valence-corrected chi connectivity index (χ2v) is 6.04. The lowest BCUT2D eigenvalue weighted by molar-refractivity contribution is -0.344. The third kappa shape index (κ3) is 3.38. The van der Waals surface area contributed by atoms with E-state index >= 15 is 0 Å². The van der Waals surface area contributed by atoms with Gasteiger partial charge >= 0.3 is 24.0 Å². The van der Waals surface area contributed by atoms with Gasteiger partial charge in [0.1, 0.15) is 3.42 Å². The van der Waals surface area contributed by atoms with Crippen molar-refractivity contribution in [1.29, 1.82) is 0 Å². The first kappa shape index (κ1) is 17.7. The highest BCUT2D eigenvalue weighted by atomic mass is 127. The Morgan fingerprint density at radius 3 is 1.61 bits per heavy atom. The molecule has 0 aromatic heterocycles. The number of ether oxygens (including phenoxy) is 1. The zero-order valence-electron chi connectivity index (χ0n) is 9.05. The molecule has 0 radical (unpaired) electrons. The van der Waals surface area contributed by atoms with Crippen LogP contribution >= 0.6 is 22.6 Å². The van der Waals surface area contributed by atoms with Crippen molar-refractivity contribution in [2.75, 3.05) is 7.11 Å². The second kappa shape index (κ2) is 5.00. The van der Waals surface area contributed by atoms with Gasteiger partial charge in [-0.05, 0) is 6.92 Å². The highest BCUT2D eigenvalue weighted by molar-refractivity contribution is 14.1. The van der Waals surface area contributed by atoms with Crippen LogP contribution in [0.2, 0.25) is 0 Å². The summed E-state index contributed by atoms with van der Waals surface area (Å²) in [5.74, 6) is -1.38. The van der Waals surface area contributed by atoms with Crippen molar-refractivity contribution in [2.45, 2.75) is 34.8 Å². The van der Waals surface area contributed by atoms with E-state index in [4.69, 9.17) is 0 Å². The Hall–Kier alpha value is -0.290. The first-order valence-corrected chi connectivity index (χ1v) is 5.36. The Balaban J connectivity index is 5.50. The van der Waals surface area contributed by atoms with Crippen LogP contribution in [0.25, 0.3) is 0 Å². The molecule has 0 aromatic rings. The van der Waals surface area contributed by atoms with E-state index in [9.17, 15) is 35.5 Å². The van der Waals surface area contributed by atoms with E-state index in [1.165, 1.54) is 0 Å². The van der Waals surface area contributed by atoms with Gasteiger partial charge in [-0.1, -0.05) is 22.6 Å². The van der Waals surface area contributed by atoms with Crippen molar-refractivity contribution in [1.82, 2.24) is 0 Å². The molecule has 0 bridgehead atoms. The molecule has 0 saturated heterocycles. The van der Waals surface area contributed by atoms with E-state index in [2.05, 4.69) is 4.74 Å². The van der Waals surface area contributed by atoms with Crippen LogP contribution in [0.15, 0.2) is 0 Å². The minimum absolute atomic E-state index is 0.727. The standard InChI is InChI=1S/C8H8F7IO2/c1-5(16,4(17)18-2)3-6(9,7(10,11)12)8(13,14)15/h3H2,1-2H3. The fourth-order valence-electron chi connectivity index (χ4n) is 1.10. The first-order valence-electron chi connectivity index (χ1n) is 4.29. The molecule has 0 aliphatic heterocycles. The van der Waals surface area contributed by atoms with Crippen LogP contribution in [0.5, 0.6) is 0 Å². The molecule has 0 rings (SSSR count). The molecule has 0 spiro atoms. The van der Waals surface area contributed by atoms with E-state index < -0.39 is 33.8 Å². The van der Waals surface area contributed by atoms with Crippen LogP contribution in [0, 0.1) is 0 Å². The zero-order valence-corrected chi connectivity index (χ0v) is 11.2. The zero-order chi connectivity index (χ0) is 15.0. The van der Waals surface area contributed by atoms with E-state index in [-0.39, 0.29) is 0 Å². The normalized spacial score (nSPS) is 17.2. The minimum Gasteiger partial charge on any atom is -0.468 e. The number of rotatable bonds is 3. The van der Waals surface area contributed by atoms with Gasteiger partial charge in [-0.25, -0.2) is 4.39 Å². The predicted molar refractivity (Wildman–Crippen MR) is 55.0 cm³/mol. The maximum Gasteiger partial charge on any atom is 0.431 e. The Morgan fingerprint density at radius 2 is 1.39 bits per heavy atom. The SMILES string of the molecule is COC(=O)C(C)(I)CC(F)(C(F)(F)F)C(F)(F)F. The Bertz CT molecular complexity index is 306. The highest BCUT2D eigenvalue weighted by Gasteiger charge is 2.74. The number of esters is 1. The summed E-state index contributed by atoms with van der Waals surface area (Å²) in [5.41, 5.74) is -5.47. The molecule has 0 N–H and O–H groups in total. The molecule has 0 aromatic carbocycles. The number of hydrogen-bond donors (Lipinski definition) is 0. The van der Waals surface area contributed by atoms with Crippen molar-refractivity contribution in [3.63, 3.8) is 0 Å². The Morgan fingerprint density at radius 1 is 1.06 bits per heavy atom. The molecular formula is C8H8F7IO2. The van der Waals surface area contributed by atoms with Gasteiger partial charge in [0.25, 0.3) is 0 Å². The highest BCUT2D eigenvalue weighted by Crippen LogP contribution is 2.51. The van der Waals surface area contributed by atoms with E-state index in [1.54, 1.807) is 0 Å². The molecule has 0 saturated carbocycles. The average Bonchev–Trinajstić information content (AvgIpc) is 2.12. The molecule has 1 unspecified atom stereocenters. The molecule has 1 atom stereocenters. The van der Waals surface area contributed by atoms with Crippen LogP contribution in [-0.4, -0.2) is 34.5 Å². The first-order chi connectivity index (χ1) is 7.69. The van der Waals surface area contributed by atoms with Crippen molar-refractivity contribution in [3.8, 4) is 0 Å². The fourth-order valence-corrected chi connectivity index (χ4v) is 1.85. The molecule has 0 aliphatic rings. The lowest BCUT2D eigenvalue weighted by Gasteiger charge is -2.34. The van der Waals surface area contributed by atoms with Gasteiger partial charge in [-0.15, -0.1) is 0 Å². The summed E-state index contributed by atoms with van der Waals surface area (Å²) in [7, 11) is 0.778. The van der Waals surface area contributed by atoms with Crippen molar-refractivity contribution < 1.29 is 40.3 Å². The molecule has 0 heterocycles. The monoisotopic (exact) mass is 396 g/mol. The minimum atomic E-state index is -6.17. The van der Waals surface area contributed by atoms with E-state index in [1.807, 2.05) is 0 Å². The Kier molecular flexibility index (Phi) is 4.92. The van der Waals surface area contributed by atoms with Crippen molar-refractivity contribution in [2.24, 2.45) is 0 Å². The number of carbonyl (C=O) groups is 1. The molecule has 108 valence electrons. The summed E-state index contributed by atoms with van der Waals surface area (Å²) in [5, 5.41) is 0. The molecule has 0 amide bonds. The third-order valence-electron chi connectivity index (χ3n) is 2.09. The van der Waals surface area contributed by atoms with Gasteiger partial charge in [0.15, 0.2) is 0 Å². The molecule has 2 nitrogen and oxygen atoms in total. The van der Waals surface area contributed by atoms with Crippen molar-refractivity contribution >= 4 is 28.6 Å².